The fourth-order valence-electron chi connectivity index (χ4n) is 1.60. The van der Waals surface area contributed by atoms with Gasteiger partial charge in [-0.2, -0.15) is 0 Å². The van der Waals surface area contributed by atoms with E-state index in [0.717, 1.165) is 16.7 Å². The molecular weight excluding hydrogens is 240 g/mol. The van der Waals surface area contributed by atoms with Crippen LogP contribution in [0.5, 0.6) is 5.75 Å². The van der Waals surface area contributed by atoms with Crippen molar-refractivity contribution >= 4 is 22.6 Å². The van der Waals surface area contributed by atoms with Crippen molar-refractivity contribution in [1.82, 2.24) is 4.98 Å². The highest BCUT2D eigenvalue weighted by Crippen LogP contribution is 2.22. The van der Waals surface area contributed by atoms with E-state index >= 15 is 0 Å². The zero-order valence-corrected chi connectivity index (χ0v) is 11.7. The molecule has 0 aliphatic rings. The minimum atomic E-state index is -0.434. The van der Waals surface area contributed by atoms with Crippen LogP contribution in [0.1, 0.15) is 20.8 Å². The Morgan fingerprint density at radius 2 is 1.95 bits per heavy atom. The molecular formula is C15H18N2O2. The smallest absolute Gasteiger partial charge is 0.230 e. The van der Waals surface area contributed by atoms with Crippen molar-refractivity contribution in [3.8, 4) is 5.75 Å². The van der Waals surface area contributed by atoms with E-state index in [9.17, 15) is 4.79 Å². The van der Waals surface area contributed by atoms with Gasteiger partial charge in [-0.3, -0.25) is 4.79 Å². The minimum absolute atomic E-state index is 0.0483. The summed E-state index contributed by atoms with van der Waals surface area (Å²) in [6.45, 7) is 5.61. The summed E-state index contributed by atoms with van der Waals surface area (Å²) in [4.78, 5) is 16.3. The molecule has 0 saturated heterocycles. The summed E-state index contributed by atoms with van der Waals surface area (Å²) in [5.41, 5.74) is 0.392. The standard InChI is InChI=1S/C15H18N2O2/c1-15(2,3)14(18)17-13-8-5-10-9-11(19-4)6-7-12(10)16-13/h5-9H,1-4H3,(H,16,17,18). The van der Waals surface area contributed by atoms with Gasteiger partial charge in [0.05, 0.1) is 12.6 Å². The third kappa shape index (κ3) is 3.02. The second kappa shape index (κ2) is 4.88. The predicted octanol–water partition coefficient (Wildman–Crippen LogP) is 3.23. The highest BCUT2D eigenvalue weighted by atomic mass is 16.5. The molecule has 1 heterocycles. The number of anilines is 1. The van der Waals surface area contributed by atoms with E-state index in [1.54, 1.807) is 13.2 Å². The molecule has 0 saturated carbocycles. The van der Waals surface area contributed by atoms with Crippen molar-refractivity contribution in [2.24, 2.45) is 5.41 Å². The minimum Gasteiger partial charge on any atom is -0.497 e. The predicted molar refractivity (Wildman–Crippen MR) is 76.4 cm³/mol. The molecule has 4 heteroatoms. The normalized spacial score (nSPS) is 11.4. The number of fused-ring (bicyclic) bond motifs is 1. The van der Waals surface area contributed by atoms with Crippen molar-refractivity contribution in [3.63, 3.8) is 0 Å². The van der Waals surface area contributed by atoms with Gasteiger partial charge in [-0.1, -0.05) is 20.8 Å². The molecule has 0 aliphatic heterocycles. The zero-order valence-electron chi connectivity index (χ0n) is 11.7. The summed E-state index contributed by atoms with van der Waals surface area (Å²) >= 11 is 0. The Labute approximate surface area is 112 Å². The maximum absolute atomic E-state index is 11.9. The van der Waals surface area contributed by atoms with E-state index in [2.05, 4.69) is 10.3 Å². The van der Waals surface area contributed by atoms with Crippen molar-refractivity contribution in [2.45, 2.75) is 20.8 Å². The maximum Gasteiger partial charge on any atom is 0.230 e. The number of amides is 1. The van der Waals surface area contributed by atoms with E-state index in [1.807, 2.05) is 45.0 Å². The number of ether oxygens (including phenoxy) is 1. The van der Waals surface area contributed by atoms with Crippen LogP contribution >= 0.6 is 0 Å². The van der Waals surface area contributed by atoms with Gasteiger partial charge in [-0.25, -0.2) is 4.98 Å². The molecule has 0 unspecified atom stereocenters. The number of hydrogen-bond donors (Lipinski definition) is 1. The second-order valence-electron chi connectivity index (χ2n) is 5.46. The summed E-state index contributed by atoms with van der Waals surface area (Å²) in [6.07, 6.45) is 0. The lowest BCUT2D eigenvalue weighted by molar-refractivity contribution is -0.123. The molecule has 4 nitrogen and oxygen atoms in total. The molecule has 1 N–H and O–H groups in total. The first-order valence-electron chi connectivity index (χ1n) is 6.16. The van der Waals surface area contributed by atoms with Crippen LogP contribution in [-0.2, 0) is 4.79 Å². The average molecular weight is 258 g/mol. The Balaban J connectivity index is 2.30. The van der Waals surface area contributed by atoms with Crippen LogP contribution in [0.2, 0.25) is 0 Å². The Morgan fingerprint density at radius 3 is 2.58 bits per heavy atom. The largest absolute Gasteiger partial charge is 0.497 e. The molecule has 0 atom stereocenters. The Hall–Kier alpha value is -2.10. The lowest BCUT2D eigenvalue weighted by Crippen LogP contribution is -2.27. The SMILES string of the molecule is COc1ccc2nc(NC(=O)C(C)(C)C)ccc2c1. The van der Waals surface area contributed by atoms with Gasteiger partial charge in [0.1, 0.15) is 11.6 Å². The van der Waals surface area contributed by atoms with E-state index in [1.165, 1.54) is 0 Å². The molecule has 2 aromatic rings. The number of pyridine rings is 1. The van der Waals surface area contributed by atoms with Gasteiger partial charge < -0.3 is 10.1 Å². The molecule has 1 aromatic heterocycles. The number of hydrogen-bond acceptors (Lipinski definition) is 3. The van der Waals surface area contributed by atoms with Gasteiger partial charge in [0.25, 0.3) is 0 Å². The number of carbonyl (C=O) groups is 1. The third-order valence-electron chi connectivity index (χ3n) is 2.82. The quantitative estimate of drug-likeness (QED) is 0.899. The van der Waals surface area contributed by atoms with Crippen LogP contribution in [-0.4, -0.2) is 18.0 Å². The lowest BCUT2D eigenvalue weighted by Gasteiger charge is -2.17. The number of nitrogens with one attached hydrogen (secondary N) is 1. The number of carbonyl (C=O) groups excluding carboxylic acids is 1. The van der Waals surface area contributed by atoms with E-state index in [4.69, 9.17) is 4.74 Å². The van der Waals surface area contributed by atoms with Crippen LogP contribution in [0.4, 0.5) is 5.82 Å². The van der Waals surface area contributed by atoms with Gasteiger partial charge in [0.2, 0.25) is 5.91 Å². The summed E-state index contributed by atoms with van der Waals surface area (Å²) < 4.78 is 5.16. The van der Waals surface area contributed by atoms with Crippen molar-refractivity contribution in [2.75, 3.05) is 12.4 Å². The van der Waals surface area contributed by atoms with Gasteiger partial charge in [0, 0.05) is 10.8 Å². The van der Waals surface area contributed by atoms with Crippen LogP contribution in [0.15, 0.2) is 30.3 Å². The molecule has 0 bridgehead atoms. The molecule has 2 rings (SSSR count). The molecule has 0 radical (unpaired) electrons. The zero-order chi connectivity index (χ0) is 14.0. The maximum atomic E-state index is 11.9. The van der Waals surface area contributed by atoms with Crippen molar-refractivity contribution < 1.29 is 9.53 Å². The number of methoxy groups -OCH3 is 1. The van der Waals surface area contributed by atoms with Crippen molar-refractivity contribution in [3.05, 3.63) is 30.3 Å². The molecule has 100 valence electrons. The molecule has 0 aliphatic carbocycles. The summed E-state index contributed by atoms with van der Waals surface area (Å²) in [5, 5.41) is 3.80. The van der Waals surface area contributed by atoms with Crippen LogP contribution in [0, 0.1) is 5.41 Å². The molecule has 1 amide bonds. The number of rotatable bonds is 2. The summed E-state index contributed by atoms with van der Waals surface area (Å²) in [7, 11) is 1.63. The van der Waals surface area contributed by atoms with Gasteiger partial charge in [-0.05, 0) is 30.3 Å². The van der Waals surface area contributed by atoms with E-state index in [-0.39, 0.29) is 5.91 Å². The molecule has 19 heavy (non-hydrogen) atoms. The van der Waals surface area contributed by atoms with Gasteiger partial charge in [0.15, 0.2) is 0 Å². The first-order valence-corrected chi connectivity index (χ1v) is 6.16. The van der Waals surface area contributed by atoms with Crippen LogP contribution in [0.25, 0.3) is 10.9 Å². The Kier molecular flexibility index (Phi) is 3.42. The second-order valence-corrected chi connectivity index (χ2v) is 5.46. The first kappa shape index (κ1) is 13.3. The van der Waals surface area contributed by atoms with Gasteiger partial charge in [-0.15, -0.1) is 0 Å². The first-order chi connectivity index (χ1) is 8.90. The van der Waals surface area contributed by atoms with Gasteiger partial charge >= 0.3 is 0 Å². The topological polar surface area (TPSA) is 51.2 Å². The highest BCUT2D eigenvalue weighted by molar-refractivity contribution is 5.94. The van der Waals surface area contributed by atoms with Crippen LogP contribution < -0.4 is 10.1 Å². The Morgan fingerprint density at radius 1 is 1.21 bits per heavy atom. The highest BCUT2D eigenvalue weighted by Gasteiger charge is 2.21. The number of benzene rings is 1. The summed E-state index contributed by atoms with van der Waals surface area (Å²) in [6, 6.07) is 9.36. The number of aromatic nitrogens is 1. The van der Waals surface area contributed by atoms with E-state index in [0.29, 0.717) is 5.82 Å². The molecule has 0 fully saturated rings. The number of nitrogens with zero attached hydrogens (tertiary/aromatic N) is 1. The monoisotopic (exact) mass is 258 g/mol. The third-order valence-corrected chi connectivity index (χ3v) is 2.82. The average Bonchev–Trinajstić information content (AvgIpc) is 2.37. The Bertz CT molecular complexity index is 615. The molecule has 0 spiro atoms. The van der Waals surface area contributed by atoms with Crippen LogP contribution in [0.3, 0.4) is 0 Å². The van der Waals surface area contributed by atoms with Crippen molar-refractivity contribution in [1.29, 1.82) is 0 Å². The van der Waals surface area contributed by atoms with E-state index < -0.39 is 5.41 Å². The summed E-state index contributed by atoms with van der Waals surface area (Å²) in [5.74, 6) is 1.31. The molecule has 1 aromatic carbocycles. The fraction of sp³-hybridized carbons (Fsp3) is 0.333. The lowest BCUT2D eigenvalue weighted by atomic mass is 9.96. The fourth-order valence-corrected chi connectivity index (χ4v) is 1.60.